The van der Waals surface area contributed by atoms with Crippen molar-refractivity contribution in [3.63, 3.8) is 0 Å². The van der Waals surface area contributed by atoms with E-state index in [1.807, 2.05) is 30.3 Å². The van der Waals surface area contributed by atoms with Gasteiger partial charge in [0.05, 0.1) is 12.1 Å². The molecule has 0 aliphatic carbocycles. The van der Waals surface area contributed by atoms with Crippen molar-refractivity contribution in [3.8, 4) is 0 Å². The molecule has 4 nitrogen and oxygen atoms in total. The van der Waals surface area contributed by atoms with Crippen molar-refractivity contribution >= 4 is 22.5 Å². The van der Waals surface area contributed by atoms with Gasteiger partial charge in [0, 0.05) is 41.7 Å². The monoisotopic (exact) mass is 485 g/mol. The van der Waals surface area contributed by atoms with Crippen LogP contribution in [0, 0.1) is 11.6 Å². The molecule has 1 N–H and O–H groups in total. The van der Waals surface area contributed by atoms with Crippen LogP contribution >= 0.6 is 0 Å². The first-order valence-electron chi connectivity index (χ1n) is 12.4. The van der Waals surface area contributed by atoms with Crippen LogP contribution in [0.15, 0.2) is 71.7 Å². The van der Waals surface area contributed by atoms with Gasteiger partial charge in [0.25, 0.3) is 0 Å². The molecule has 0 saturated carbocycles. The number of carbonyl (C=O) groups excluding carboxylic acids is 1. The molecule has 5 rings (SSSR count). The minimum absolute atomic E-state index is 0.00401. The maximum atomic E-state index is 13.7. The number of nitrogens with zero attached hydrogens (tertiary/aromatic N) is 2. The van der Waals surface area contributed by atoms with Crippen LogP contribution in [0.5, 0.6) is 0 Å². The molecule has 0 spiro atoms. The number of fused-ring (bicyclic) bond motifs is 1. The highest BCUT2D eigenvalue weighted by molar-refractivity contribution is 6.11. The molecule has 1 aliphatic heterocycles. The third-order valence-electron chi connectivity index (χ3n) is 6.69. The molecule has 0 saturated heterocycles. The molecule has 184 valence electrons. The number of rotatable bonds is 8. The number of amidine groups is 1. The molecule has 3 aromatic carbocycles. The summed E-state index contributed by atoms with van der Waals surface area (Å²) < 4.78 is 29.3. The molecular formula is C30H29F2N3O. The summed E-state index contributed by atoms with van der Waals surface area (Å²) >= 11 is 0. The Morgan fingerprint density at radius 1 is 1.00 bits per heavy atom. The van der Waals surface area contributed by atoms with Gasteiger partial charge in [0.1, 0.15) is 5.84 Å². The Hall–Kier alpha value is -3.80. The van der Waals surface area contributed by atoms with Gasteiger partial charge in [-0.3, -0.25) is 9.79 Å². The standard InChI is InChI=1S/C30H29F2N3O/c1-19(2)29-28(27(36)13-9-20-8-12-24(31)25(32)16-20)23-11-10-22(30-33-14-15-34-30)17-26(23)35(29)18-21-6-4-3-5-7-21/h3-8,10-12,16-17,19H,9,13-15,18H2,1-2H3,(H,33,34). The predicted molar refractivity (Wildman–Crippen MR) is 140 cm³/mol. The molecule has 1 aromatic heterocycles. The van der Waals surface area contributed by atoms with E-state index in [1.54, 1.807) is 0 Å². The molecule has 0 bridgehead atoms. The molecule has 0 amide bonds. The average Bonchev–Trinajstić information content (AvgIpc) is 3.52. The van der Waals surface area contributed by atoms with Gasteiger partial charge in [-0.2, -0.15) is 0 Å². The summed E-state index contributed by atoms with van der Waals surface area (Å²) in [7, 11) is 0. The van der Waals surface area contributed by atoms with Crippen LogP contribution in [-0.2, 0) is 13.0 Å². The van der Waals surface area contributed by atoms with Gasteiger partial charge >= 0.3 is 0 Å². The summed E-state index contributed by atoms with van der Waals surface area (Å²) in [6.45, 7) is 6.42. The molecule has 2 heterocycles. The normalized spacial score (nSPS) is 13.3. The number of aliphatic imine (C=N–C) groups is 1. The zero-order valence-electron chi connectivity index (χ0n) is 20.5. The first kappa shape index (κ1) is 23.9. The van der Waals surface area contributed by atoms with Crippen molar-refractivity contribution in [3.05, 3.63) is 106 Å². The van der Waals surface area contributed by atoms with E-state index in [9.17, 15) is 13.6 Å². The fourth-order valence-electron chi connectivity index (χ4n) is 5.02. The first-order chi connectivity index (χ1) is 17.4. The fraction of sp³-hybridized carbons (Fsp3) is 0.267. The van der Waals surface area contributed by atoms with E-state index in [0.29, 0.717) is 24.1 Å². The topological polar surface area (TPSA) is 46.4 Å². The largest absolute Gasteiger partial charge is 0.368 e. The average molecular weight is 486 g/mol. The summed E-state index contributed by atoms with van der Waals surface area (Å²) in [6, 6.07) is 20.2. The Kier molecular flexibility index (Phi) is 6.68. The second-order valence-electron chi connectivity index (χ2n) is 9.55. The molecule has 0 atom stereocenters. The lowest BCUT2D eigenvalue weighted by molar-refractivity contribution is 0.0983. The maximum Gasteiger partial charge on any atom is 0.165 e. The van der Waals surface area contributed by atoms with E-state index in [1.165, 1.54) is 12.1 Å². The zero-order valence-corrected chi connectivity index (χ0v) is 20.5. The number of aryl methyl sites for hydroxylation is 1. The van der Waals surface area contributed by atoms with Crippen LogP contribution in [-0.4, -0.2) is 29.3 Å². The van der Waals surface area contributed by atoms with Gasteiger partial charge in [-0.05, 0) is 41.7 Å². The highest BCUT2D eigenvalue weighted by Gasteiger charge is 2.25. The van der Waals surface area contributed by atoms with Crippen molar-refractivity contribution in [2.24, 2.45) is 4.99 Å². The van der Waals surface area contributed by atoms with Crippen LogP contribution in [0.1, 0.15) is 58.9 Å². The summed E-state index contributed by atoms with van der Waals surface area (Å²) in [5.74, 6) is -0.786. The van der Waals surface area contributed by atoms with E-state index in [-0.39, 0.29) is 18.1 Å². The quantitative estimate of drug-likeness (QED) is 0.300. The summed E-state index contributed by atoms with van der Waals surface area (Å²) in [6.07, 6.45) is 0.559. The van der Waals surface area contributed by atoms with Crippen LogP contribution in [0.2, 0.25) is 0 Å². The number of nitrogens with one attached hydrogen (secondary N) is 1. The second kappa shape index (κ2) is 10.1. The van der Waals surface area contributed by atoms with Gasteiger partial charge in [-0.25, -0.2) is 8.78 Å². The van der Waals surface area contributed by atoms with Gasteiger partial charge < -0.3 is 9.88 Å². The molecule has 0 radical (unpaired) electrons. The number of Topliss-reactive ketones (excluding diaryl/α,β-unsaturated/α-hetero) is 1. The van der Waals surface area contributed by atoms with Gasteiger partial charge in [-0.1, -0.05) is 62.4 Å². The minimum Gasteiger partial charge on any atom is -0.368 e. The number of carbonyl (C=O) groups is 1. The van der Waals surface area contributed by atoms with Crippen molar-refractivity contribution in [2.45, 2.75) is 39.2 Å². The molecule has 0 unspecified atom stereocenters. The van der Waals surface area contributed by atoms with E-state index in [0.717, 1.165) is 52.7 Å². The van der Waals surface area contributed by atoms with Crippen LogP contribution < -0.4 is 5.32 Å². The SMILES string of the molecule is CC(C)c1c(C(=O)CCc2ccc(F)c(F)c2)c2ccc(C3=NCCN3)cc2n1Cc1ccccc1. The summed E-state index contributed by atoms with van der Waals surface area (Å²) in [5.41, 5.74) is 5.46. The first-order valence-corrected chi connectivity index (χ1v) is 12.4. The molecular weight excluding hydrogens is 456 g/mol. The van der Waals surface area contributed by atoms with Crippen LogP contribution in [0.25, 0.3) is 10.9 Å². The van der Waals surface area contributed by atoms with Gasteiger partial charge in [0.2, 0.25) is 0 Å². The van der Waals surface area contributed by atoms with E-state index in [2.05, 4.69) is 46.9 Å². The zero-order chi connectivity index (χ0) is 25.2. The van der Waals surface area contributed by atoms with Crippen LogP contribution in [0.3, 0.4) is 0 Å². The lowest BCUT2D eigenvalue weighted by atomic mass is 9.96. The third-order valence-corrected chi connectivity index (χ3v) is 6.69. The van der Waals surface area contributed by atoms with Crippen molar-refractivity contribution < 1.29 is 13.6 Å². The Balaban J connectivity index is 1.59. The van der Waals surface area contributed by atoms with Crippen LogP contribution in [0.4, 0.5) is 8.78 Å². The third kappa shape index (κ3) is 4.68. The number of hydrogen-bond acceptors (Lipinski definition) is 3. The van der Waals surface area contributed by atoms with Crippen molar-refractivity contribution in [1.29, 1.82) is 0 Å². The Labute approximate surface area is 209 Å². The highest BCUT2D eigenvalue weighted by atomic mass is 19.2. The fourth-order valence-corrected chi connectivity index (χ4v) is 5.02. The molecule has 1 aliphatic rings. The lowest BCUT2D eigenvalue weighted by Gasteiger charge is -2.15. The van der Waals surface area contributed by atoms with E-state index < -0.39 is 11.6 Å². The minimum atomic E-state index is -0.891. The number of hydrogen-bond donors (Lipinski definition) is 1. The number of aromatic nitrogens is 1. The summed E-state index contributed by atoms with van der Waals surface area (Å²) in [5, 5.41) is 4.25. The Bertz CT molecular complexity index is 1450. The predicted octanol–water partition coefficient (Wildman–Crippen LogP) is 6.26. The van der Waals surface area contributed by atoms with E-state index in [4.69, 9.17) is 0 Å². The molecule has 36 heavy (non-hydrogen) atoms. The van der Waals surface area contributed by atoms with E-state index >= 15 is 0 Å². The highest BCUT2D eigenvalue weighted by Crippen LogP contribution is 2.34. The number of ketones is 1. The second-order valence-corrected chi connectivity index (χ2v) is 9.55. The Morgan fingerprint density at radius 3 is 2.50 bits per heavy atom. The van der Waals surface area contributed by atoms with Gasteiger partial charge in [0.15, 0.2) is 17.4 Å². The lowest BCUT2D eigenvalue weighted by Crippen LogP contribution is -2.19. The van der Waals surface area contributed by atoms with Gasteiger partial charge in [-0.15, -0.1) is 0 Å². The summed E-state index contributed by atoms with van der Waals surface area (Å²) in [4.78, 5) is 18.3. The maximum absolute atomic E-state index is 13.7. The molecule has 0 fully saturated rings. The Morgan fingerprint density at radius 2 is 1.81 bits per heavy atom. The number of benzene rings is 3. The molecule has 4 aromatic rings. The number of halogens is 2. The van der Waals surface area contributed by atoms with Crippen molar-refractivity contribution in [1.82, 2.24) is 9.88 Å². The van der Waals surface area contributed by atoms with Crippen molar-refractivity contribution in [2.75, 3.05) is 13.1 Å². The smallest absolute Gasteiger partial charge is 0.165 e. The molecule has 6 heteroatoms.